The molecule has 1 aromatic heterocycles. The Kier molecular flexibility index (Phi) is 5.96. The number of alkyl halides is 3. The highest BCUT2D eigenvalue weighted by atomic mass is 19.4. The molecular weight excluding hydrogens is 419 g/mol. The van der Waals surface area contributed by atoms with Crippen molar-refractivity contribution in [3.63, 3.8) is 0 Å². The van der Waals surface area contributed by atoms with E-state index in [0.29, 0.717) is 12.5 Å². The minimum absolute atomic E-state index is 0.0758. The van der Waals surface area contributed by atoms with Gasteiger partial charge in [-0.15, -0.1) is 0 Å². The molecule has 32 heavy (non-hydrogen) atoms. The molecule has 2 N–H and O–H groups in total. The SMILES string of the molecule is CCNC(=NCCC(O)(c1nccn1C)C(F)(F)F)N1CC2(CCCC2)c2ccccc21. The average Bonchev–Trinajstić information content (AvgIpc) is 3.47. The molecule has 0 bridgehead atoms. The van der Waals surface area contributed by atoms with Crippen molar-refractivity contribution in [2.75, 3.05) is 24.5 Å². The van der Waals surface area contributed by atoms with Crippen LogP contribution in [0.25, 0.3) is 0 Å². The van der Waals surface area contributed by atoms with Gasteiger partial charge in [0.2, 0.25) is 5.60 Å². The summed E-state index contributed by atoms with van der Waals surface area (Å²) in [7, 11) is 1.44. The number of imidazole rings is 1. The minimum atomic E-state index is -4.87. The quantitative estimate of drug-likeness (QED) is 0.538. The molecule has 1 fully saturated rings. The fraction of sp³-hybridized carbons (Fsp3) is 0.565. The Bertz CT molecular complexity index is 980. The Balaban J connectivity index is 1.61. The molecule has 2 heterocycles. The number of halogens is 3. The van der Waals surface area contributed by atoms with Crippen LogP contribution < -0.4 is 10.2 Å². The molecule has 1 saturated carbocycles. The van der Waals surface area contributed by atoms with Crippen LogP contribution in [0.3, 0.4) is 0 Å². The molecule has 1 unspecified atom stereocenters. The van der Waals surface area contributed by atoms with Crippen LogP contribution in [0.2, 0.25) is 0 Å². The second kappa shape index (κ2) is 8.42. The zero-order valence-electron chi connectivity index (χ0n) is 18.5. The van der Waals surface area contributed by atoms with Gasteiger partial charge in [0.25, 0.3) is 0 Å². The van der Waals surface area contributed by atoms with E-state index in [9.17, 15) is 18.3 Å². The normalized spacial score (nSPS) is 19.9. The summed E-state index contributed by atoms with van der Waals surface area (Å²) in [5, 5.41) is 13.8. The van der Waals surface area contributed by atoms with Gasteiger partial charge in [-0.1, -0.05) is 31.0 Å². The molecule has 1 aliphatic carbocycles. The van der Waals surface area contributed by atoms with Crippen LogP contribution in [-0.2, 0) is 18.1 Å². The predicted molar refractivity (Wildman–Crippen MR) is 118 cm³/mol. The number of fused-ring (bicyclic) bond motifs is 2. The van der Waals surface area contributed by atoms with E-state index in [1.807, 2.05) is 19.1 Å². The van der Waals surface area contributed by atoms with Gasteiger partial charge in [0.1, 0.15) is 5.82 Å². The number of nitrogens with zero attached hydrogens (tertiary/aromatic N) is 4. The number of aryl methyl sites for hydroxylation is 1. The lowest BCUT2D eigenvalue weighted by Crippen LogP contribution is -2.46. The monoisotopic (exact) mass is 449 g/mol. The number of hydrogen-bond donors (Lipinski definition) is 2. The maximum atomic E-state index is 13.8. The van der Waals surface area contributed by atoms with E-state index in [0.717, 1.165) is 25.1 Å². The van der Waals surface area contributed by atoms with E-state index in [4.69, 9.17) is 0 Å². The molecule has 9 heteroatoms. The Hall–Kier alpha value is -2.55. The van der Waals surface area contributed by atoms with Crippen LogP contribution in [0.5, 0.6) is 0 Å². The zero-order chi connectivity index (χ0) is 23.0. The van der Waals surface area contributed by atoms with Crippen molar-refractivity contribution in [1.82, 2.24) is 14.9 Å². The van der Waals surface area contributed by atoms with Crippen LogP contribution >= 0.6 is 0 Å². The summed E-state index contributed by atoms with van der Waals surface area (Å²) in [6.45, 7) is 3.09. The van der Waals surface area contributed by atoms with E-state index >= 15 is 0 Å². The number of anilines is 1. The lowest BCUT2D eigenvalue weighted by atomic mass is 9.81. The van der Waals surface area contributed by atoms with Crippen LogP contribution in [-0.4, -0.2) is 46.4 Å². The predicted octanol–water partition coefficient (Wildman–Crippen LogP) is 3.86. The maximum absolute atomic E-state index is 13.8. The van der Waals surface area contributed by atoms with E-state index in [2.05, 4.69) is 32.3 Å². The standard InChI is InChI=1S/C23H30F3N5O/c1-3-27-20(29-13-12-22(32,23(24,25)26)19-28-14-15-30(19)2)31-16-21(10-6-7-11-21)17-8-4-5-9-18(17)31/h4-5,8-9,14-15,32H,3,6-7,10-13,16H2,1-2H3,(H,27,29). The smallest absolute Gasteiger partial charge is 0.374 e. The summed E-state index contributed by atoms with van der Waals surface area (Å²) in [6.07, 6.45) is 1.73. The van der Waals surface area contributed by atoms with Gasteiger partial charge < -0.3 is 19.9 Å². The molecule has 6 nitrogen and oxygen atoms in total. The summed E-state index contributed by atoms with van der Waals surface area (Å²) in [6, 6.07) is 8.23. The van der Waals surface area contributed by atoms with Crippen LogP contribution in [0.1, 0.15) is 50.4 Å². The highest BCUT2D eigenvalue weighted by Crippen LogP contribution is 2.50. The summed E-state index contributed by atoms with van der Waals surface area (Å²) < 4.78 is 42.7. The number of aliphatic hydroxyl groups is 1. The third-order valence-electron chi connectivity index (χ3n) is 6.77. The van der Waals surface area contributed by atoms with Crippen molar-refractivity contribution in [3.8, 4) is 0 Å². The van der Waals surface area contributed by atoms with Crippen molar-refractivity contribution >= 4 is 11.6 Å². The summed E-state index contributed by atoms with van der Waals surface area (Å²) in [5.41, 5.74) is -0.638. The van der Waals surface area contributed by atoms with E-state index in [1.165, 1.54) is 42.4 Å². The van der Waals surface area contributed by atoms with Crippen molar-refractivity contribution in [3.05, 3.63) is 48.0 Å². The molecule has 0 radical (unpaired) electrons. The van der Waals surface area contributed by atoms with Crippen molar-refractivity contribution in [2.24, 2.45) is 12.0 Å². The number of aromatic nitrogens is 2. The Morgan fingerprint density at radius 3 is 2.59 bits per heavy atom. The number of benzene rings is 1. The lowest BCUT2D eigenvalue weighted by Gasteiger charge is -2.30. The van der Waals surface area contributed by atoms with Crippen LogP contribution in [0, 0.1) is 0 Å². The summed E-state index contributed by atoms with van der Waals surface area (Å²) in [5.74, 6) is 0.120. The number of hydrogen-bond acceptors (Lipinski definition) is 3. The zero-order valence-corrected chi connectivity index (χ0v) is 18.5. The molecular formula is C23H30F3N5O. The van der Waals surface area contributed by atoms with Gasteiger partial charge in [-0.3, -0.25) is 4.99 Å². The molecule has 0 amide bonds. The third kappa shape index (κ3) is 3.76. The van der Waals surface area contributed by atoms with Crippen LogP contribution in [0.15, 0.2) is 41.7 Å². The fourth-order valence-corrected chi connectivity index (χ4v) is 5.16. The lowest BCUT2D eigenvalue weighted by molar-refractivity contribution is -0.272. The van der Waals surface area contributed by atoms with Gasteiger partial charge in [-0.25, -0.2) is 4.98 Å². The van der Waals surface area contributed by atoms with E-state index < -0.39 is 24.0 Å². The van der Waals surface area contributed by atoms with E-state index in [1.54, 1.807) is 0 Å². The summed E-state index contributed by atoms with van der Waals surface area (Å²) in [4.78, 5) is 10.4. The van der Waals surface area contributed by atoms with Crippen molar-refractivity contribution < 1.29 is 18.3 Å². The number of nitrogens with one attached hydrogen (secondary N) is 1. The molecule has 2 aromatic rings. The van der Waals surface area contributed by atoms with E-state index in [-0.39, 0.29) is 12.0 Å². The molecule has 4 rings (SSSR count). The van der Waals surface area contributed by atoms with Crippen LogP contribution in [0.4, 0.5) is 18.9 Å². The minimum Gasteiger partial charge on any atom is -0.374 e. The summed E-state index contributed by atoms with van der Waals surface area (Å²) >= 11 is 0. The number of aliphatic imine (C=N–C) groups is 1. The molecule has 1 aromatic carbocycles. The molecule has 0 saturated heterocycles. The fourth-order valence-electron chi connectivity index (χ4n) is 5.16. The average molecular weight is 450 g/mol. The van der Waals surface area contributed by atoms with Crippen molar-refractivity contribution in [1.29, 1.82) is 0 Å². The molecule has 1 atom stereocenters. The topological polar surface area (TPSA) is 65.7 Å². The molecule has 1 aliphatic heterocycles. The first-order valence-corrected chi connectivity index (χ1v) is 11.1. The Morgan fingerprint density at radius 2 is 1.97 bits per heavy atom. The first-order valence-electron chi connectivity index (χ1n) is 11.1. The van der Waals surface area contributed by atoms with Gasteiger partial charge in [0, 0.05) is 56.6 Å². The Morgan fingerprint density at radius 1 is 1.25 bits per heavy atom. The number of para-hydroxylation sites is 1. The number of rotatable bonds is 5. The molecule has 2 aliphatic rings. The van der Waals surface area contributed by atoms with Gasteiger partial charge >= 0.3 is 6.18 Å². The number of guanidine groups is 1. The van der Waals surface area contributed by atoms with Gasteiger partial charge in [-0.2, -0.15) is 13.2 Å². The highest BCUT2D eigenvalue weighted by molar-refractivity contribution is 5.98. The highest BCUT2D eigenvalue weighted by Gasteiger charge is 2.57. The largest absolute Gasteiger partial charge is 0.424 e. The molecule has 174 valence electrons. The van der Waals surface area contributed by atoms with Crippen molar-refractivity contribution in [2.45, 2.75) is 56.2 Å². The maximum Gasteiger partial charge on any atom is 0.424 e. The third-order valence-corrected chi connectivity index (χ3v) is 6.77. The van der Waals surface area contributed by atoms with Gasteiger partial charge in [-0.05, 0) is 31.4 Å². The second-order valence-corrected chi connectivity index (χ2v) is 8.80. The first kappa shape index (κ1) is 22.6. The van der Waals surface area contributed by atoms with Gasteiger partial charge in [0.15, 0.2) is 5.96 Å². The van der Waals surface area contributed by atoms with Gasteiger partial charge in [0.05, 0.1) is 0 Å². The molecule has 1 spiro atoms. The first-order chi connectivity index (χ1) is 15.2. The second-order valence-electron chi connectivity index (χ2n) is 8.80. The Labute approximate surface area is 186 Å².